The Morgan fingerprint density at radius 2 is 1.72 bits per heavy atom. The van der Waals surface area contributed by atoms with Gasteiger partial charge in [0.05, 0.1) is 17.9 Å². The van der Waals surface area contributed by atoms with E-state index in [1.807, 2.05) is 68.4 Å². The maximum Gasteiger partial charge on any atom is 0.310 e. The molecule has 4 unspecified atom stereocenters. The second kappa shape index (κ2) is 15.0. The predicted molar refractivity (Wildman–Crippen MR) is 214 cm³/mol. The zero-order valence-corrected chi connectivity index (χ0v) is 33.4. The van der Waals surface area contributed by atoms with E-state index >= 15 is 0 Å². The van der Waals surface area contributed by atoms with Gasteiger partial charge in [0.25, 0.3) is 0 Å². The third kappa shape index (κ3) is 6.88. The average molecular weight is 790 g/mol. The third-order valence-electron chi connectivity index (χ3n) is 14.2. The first-order valence-electron chi connectivity index (χ1n) is 20.2. The number of aromatic nitrogens is 1. The van der Waals surface area contributed by atoms with Gasteiger partial charge in [0.15, 0.2) is 12.4 Å². The zero-order valence-electron chi connectivity index (χ0n) is 33.4. The third-order valence-corrected chi connectivity index (χ3v) is 14.2. The topological polar surface area (TPSA) is 172 Å². The molecular weight excluding hydrogens is 739 g/mol. The van der Waals surface area contributed by atoms with Gasteiger partial charge in [-0.25, -0.2) is 0 Å². The Morgan fingerprint density at radius 1 is 0.983 bits per heavy atom. The molecule has 1 aromatic heterocycles. The Balaban J connectivity index is 0.822. The lowest BCUT2D eigenvalue weighted by molar-refractivity contribution is -0.181. The summed E-state index contributed by atoms with van der Waals surface area (Å²) in [7, 11) is 3.65. The summed E-state index contributed by atoms with van der Waals surface area (Å²) in [5.41, 5.74) is 0.0263. The van der Waals surface area contributed by atoms with Crippen LogP contribution in [0.25, 0.3) is 10.8 Å². The standard InChI is InChI=1S/C46H51N3O9/c1-44-16-13-32(50)20-30(44)10-12-33-36-14-17-46(56,45(36,2)22-37(51)39(33)44)38(52)25-58-43(55)35-21-34(35)42(54)57-24-26-5-7-27(8-6-26)40(49(3)4)41(53)48-31-11-9-29-23-47-18-15-28(29)19-31/h5-9,11,13,15-16,18-20,23,33-37,39-40,51,56H,10,12,14,17,21-22,24-25H2,1-4H3,(H,48,53)/t33?,34?,35?,36-,37-,39+,40?,44-,45-,46-/m0/s1. The molecule has 1 heterocycles. The molecule has 8 rings (SSSR count). The van der Waals surface area contributed by atoms with Gasteiger partial charge in [0.2, 0.25) is 11.7 Å². The van der Waals surface area contributed by atoms with Gasteiger partial charge in [-0.15, -0.1) is 0 Å². The van der Waals surface area contributed by atoms with E-state index in [-0.39, 0.29) is 55.3 Å². The molecule has 1 amide bonds. The number of nitrogens with zero attached hydrogens (tertiary/aromatic N) is 2. The highest BCUT2D eigenvalue weighted by atomic mass is 16.5. The van der Waals surface area contributed by atoms with Crippen LogP contribution in [-0.4, -0.2) is 81.9 Å². The highest BCUT2D eigenvalue weighted by molar-refractivity contribution is 6.01. The van der Waals surface area contributed by atoms with Gasteiger partial charge >= 0.3 is 11.9 Å². The van der Waals surface area contributed by atoms with Crippen LogP contribution in [0, 0.1) is 40.4 Å². The molecule has 4 saturated carbocycles. The van der Waals surface area contributed by atoms with Gasteiger partial charge in [-0.2, -0.15) is 0 Å². The molecule has 5 aliphatic carbocycles. The van der Waals surface area contributed by atoms with Gasteiger partial charge in [0, 0.05) is 40.2 Å². The van der Waals surface area contributed by atoms with Crippen molar-refractivity contribution < 1.29 is 43.7 Å². The first-order chi connectivity index (χ1) is 27.6. The number of ether oxygens (including phenoxy) is 2. The lowest BCUT2D eigenvalue weighted by Gasteiger charge is -2.59. The second-order valence-electron chi connectivity index (χ2n) is 17.7. The van der Waals surface area contributed by atoms with Gasteiger partial charge in [-0.05, 0) is 111 Å². The lowest BCUT2D eigenvalue weighted by atomic mass is 9.46. The summed E-state index contributed by atoms with van der Waals surface area (Å²) in [5.74, 6) is -3.58. The number of aliphatic hydroxyl groups is 2. The molecule has 0 radical (unpaired) electrons. The molecule has 3 N–H and O–H groups in total. The number of likely N-dealkylation sites (N-methyl/N-ethyl adjacent to an activating group) is 1. The number of carbonyl (C=O) groups excluding carboxylic acids is 5. The largest absolute Gasteiger partial charge is 0.461 e. The van der Waals surface area contributed by atoms with E-state index in [1.54, 1.807) is 36.7 Å². The summed E-state index contributed by atoms with van der Waals surface area (Å²) in [6.07, 6.45) is 10.6. The summed E-state index contributed by atoms with van der Waals surface area (Å²) in [4.78, 5) is 71.1. The molecule has 0 aliphatic heterocycles. The van der Waals surface area contributed by atoms with Gasteiger partial charge < -0.3 is 25.0 Å². The van der Waals surface area contributed by atoms with E-state index < -0.39 is 64.7 Å². The number of ketones is 2. The first kappa shape index (κ1) is 39.8. The van der Waals surface area contributed by atoms with Crippen LogP contribution in [0.1, 0.15) is 69.5 Å². The minimum absolute atomic E-state index is 0.0215. The molecule has 10 atom stereocenters. The minimum atomic E-state index is -1.78. The van der Waals surface area contributed by atoms with Crippen molar-refractivity contribution >= 4 is 45.9 Å². The fourth-order valence-corrected chi connectivity index (χ4v) is 11.0. The van der Waals surface area contributed by atoms with Crippen molar-refractivity contribution in [3.05, 3.63) is 95.9 Å². The number of rotatable bonds is 11. The van der Waals surface area contributed by atoms with E-state index in [9.17, 15) is 34.2 Å². The molecule has 58 heavy (non-hydrogen) atoms. The number of anilines is 1. The number of aliphatic hydroxyl groups excluding tert-OH is 1. The monoisotopic (exact) mass is 789 g/mol. The number of allylic oxidation sites excluding steroid dienone is 4. The molecular formula is C46H51N3O9. The maximum absolute atomic E-state index is 13.7. The van der Waals surface area contributed by atoms with Gasteiger partial charge in [0.1, 0.15) is 18.2 Å². The minimum Gasteiger partial charge on any atom is -0.461 e. The molecule has 5 aliphatic rings. The zero-order chi connectivity index (χ0) is 41.1. The average Bonchev–Trinajstić information content (AvgIpc) is 3.95. The number of Topliss-reactive ketones (excluding diaryl/α,β-unsaturated/α-hetero) is 1. The smallest absolute Gasteiger partial charge is 0.310 e. The quantitative estimate of drug-likeness (QED) is 0.216. The summed E-state index contributed by atoms with van der Waals surface area (Å²) >= 11 is 0. The molecule has 3 aromatic rings. The summed E-state index contributed by atoms with van der Waals surface area (Å²) in [6, 6.07) is 14.2. The number of benzene rings is 2. The van der Waals surface area contributed by atoms with Crippen LogP contribution >= 0.6 is 0 Å². The van der Waals surface area contributed by atoms with Gasteiger partial charge in [-0.3, -0.25) is 33.9 Å². The van der Waals surface area contributed by atoms with E-state index in [4.69, 9.17) is 9.47 Å². The number of esters is 2. The van der Waals surface area contributed by atoms with Crippen molar-refractivity contribution in [2.24, 2.45) is 40.4 Å². The fraction of sp³-hybridized carbons (Fsp3) is 0.478. The van der Waals surface area contributed by atoms with E-state index in [0.29, 0.717) is 17.7 Å². The molecule has 0 spiro atoms. The lowest BCUT2D eigenvalue weighted by Crippen LogP contribution is -2.61. The van der Waals surface area contributed by atoms with Crippen LogP contribution in [0.2, 0.25) is 0 Å². The first-order valence-corrected chi connectivity index (χ1v) is 20.2. The van der Waals surface area contributed by atoms with E-state index in [0.717, 1.165) is 34.8 Å². The SMILES string of the molecule is CN(C)C(C(=O)Nc1ccc2cnccc2c1)c1ccc(COC(=O)C2CC2C(=O)OCC(=O)[C@@]2(O)CC[C@H]3C4CCC5=CC(=O)C=C[C@]5(C)[C@H]4[C@@H](O)C[C@@]32C)cc1. The summed E-state index contributed by atoms with van der Waals surface area (Å²) < 4.78 is 11.0. The molecule has 2 aromatic carbocycles. The molecule has 12 nitrogen and oxygen atoms in total. The Kier molecular flexibility index (Phi) is 10.3. The van der Waals surface area contributed by atoms with Crippen LogP contribution in [0.15, 0.2) is 84.7 Å². The van der Waals surface area contributed by atoms with Crippen molar-refractivity contribution in [2.45, 2.75) is 76.7 Å². The van der Waals surface area contributed by atoms with Gasteiger partial charge in [-0.1, -0.05) is 55.8 Å². The number of hydrogen-bond donors (Lipinski definition) is 3. The van der Waals surface area contributed by atoms with Crippen LogP contribution < -0.4 is 5.32 Å². The number of nitrogens with one attached hydrogen (secondary N) is 1. The van der Waals surface area contributed by atoms with Crippen molar-refractivity contribution in [1.82, 2.24) is 9.88 Å². The number of amides is 1. The van der Waals surface area contributed by atoms with Crippen LogP contribution in [-0.2, 0) is 40.1 Å². The number of carbonyl (C=O) groups is 5. The Bertz CT molecular complexity index is 2230. The molecule has 12 heteroatoms. The summed E-state index contributed by atoms with van der Waals surface area (Å²) in [6.45, 7) is 3.31. The number of hydrogen-bond acceptors (Lipinski definition) is 11. The van der Waals surface area contributed by atoms with Crippen molar-refractivity contribution in [3.8, 4) is 0 Å². The fourth-order valence-electron chi connectivity index (χ4n) is 11.0. The summed E-state index contributed by atoms with van der Waals surface area (Å²) in [5, 5.41) is 28.6. The number of pyridine rings is 1. The van der Waals surface area contributed by atoms with Crippen LogP contribution in [0.5, 0.6) is 0 Å². The molecule has 4 fully saturated rings. The number of fused-ring (bicyclic) bond motifs is 6. The molecule has 0 bridgehead atoms. The van der Waals surface area contributed by atoms with E-state index in [1.165, 1.54) is 0 Å². The Hall–Kier alpha value is -5.04. The second-order valence-corrected chi connectivity index (χ2v) is 17.7. The molecule has 0 saturated heterocycles. The van der Waals surface area contributed by atoms with Crippen molar-refractivity contribution in [1.29, 1.82) is 0 Å². The van der Waals surface area contributed by atoms with Crippen molar-refractivity contribution in [2.75, 3.05) is 26.0 Å². The highest BCUT2D eigenvalue weighted by Gasteiger charge is 2.68. The maximum atomic E-state index is 13.7. The normalized spacial score (nSPS) is 32.7. The Morgan fingerprint density at radius 3 is 2.47 bits per heavy atom. The van der Waals surface area contributed by atoms with Crippen LogP contribution in [0.3, 0.4) is 0 Å². The van der Waals surface area contributed by atoms with Crippen LogP contribution in [0.4, 0.5) is 5.69 Å². The predicted octanol–water partition coefficient (Wildman–Crippen LogP) is 5.28. The Labute approximate surface area is 337 Å². The van der Waals surface area contributed by atoms with Crippen molar-refractivity contribution in [3.63, 3.8) is 0 Å². The molecule has 304 valence electrons. The van der Waals surface area contributed by atoms with E-state index in [2.05, 4.69) is 17.2 Å². The highest BCUT2D eigenvalue weighted by Crippen LogP contribution is 2.67.